The van der Waals surface area contributed by atoms with Crippen LogP contribution in [0.1, 0.15) is 49.4 Å². The second kappa shape index (κ2) is 4.67. The average Bonchev–Trinajstić information content (AvgIpc) is 2.85. The van der Waals surface area contributed by atoms with Crippen LogP contribution in [0.25, 0.3) is 0 Å². The molecule has 0 unspecified atom stereocenters. The van der Waals surface area contributed by atoms with E-state index in [9.17, 15) is 4.79 Å². The standard InChI is InChI=1S/C12H14Cl2OS/c1-2-12(5-3-4-6-12)10(15)8-7-9(13)16-11(8)14/h7H,2-6H2,1H3. The van der Waals surface area contributed by atoms with Crippen molar-refractivity contribution in [1.29, 1.82) is 0 Å². The van der Waals surface area contributed by atoms with Gasteiger partial charge in [0, 0.05) is 11.0 Å². The van der Waals surface area contributed by atoms with Crippen LogP contribution in [0.3, 0.4) is 0 Å². The molecule has 0 aliphatic heterocycles. The SMILES string of the molecule is CCC1(C(=O)c2cc(Cl)sc2Cl)CCCC1. The van der Waals surface area contributed by atoms with Gasteiger partial charge in [0.05, 0.1) is 4.34 Å². The van der Waals surface area contributed by atoms with Crippen LogP contribution in [0, 0.1) is 5.41 Å². The van der Waals surface area contributed by atoms with E-state index in [1.807, 2.05) is 0 Å². The molecule has 1 heterocycles. The maximum absolute atomic E-state index is 12.5. The van der Waals surface area contributed by atoms with Gasteiger partial charge in [0.25, 0.3) is 0 Å². The van der Waals surface area contributed by atoms with Gasteiger partial charge in [-0.25, -0.2) is 0 Å². The summed E-state index contributed by atoms with van der Waals surface area (Å²) in [6, 6.07) is 1.71. The van der Waals surface area contributed by atoms with E-state index < -0.39 is 0 Å². The Morgan fingerprint density at radius 1 is 1.44 bits per heavy atom. The lowest BCUT2D eigenvalue weighted by Crippen LogP contribution is -2.27. The zero-order chi connectivity index (χ0) is 11.8. The smallest absolute Gasteiger partial charge is 0.171 e. The lowest BCUT2D eigenvalue weighted by atomic mass is 9.77. The Morgan fingerprint density at radius 2 is 2.06 bits per heavy atom. The van der Waals surface area contributed by atoms with Gasteiger partial charge >= 0.3 is 0 Å². The summed E-state index contributed by atoms with van der Waals surface area (Å²) in [6.07, 6.45) is 5.18. The summed E-state index contributed by atoms with van der Waals surface area (Å²) >= 11 is 13.2. The van der Waals surface area contributed by atoms with Crippen molar-refractivity contribution >= 4 is 40.3 Å². The van der Waals surface area contributed by atoms with Crippen molar-refractivity contribution < 1.29 is 4.79 Å². The maximum atomic E-state index is 12.5. The summed E-state index contributed by atoms with van der Waals surface area (Å²) in [5, 5.41) is 0. The van der Waals surface area contributed by atoms with Gasteiger partial charge in [-0.3, -0.25) is 4.79 Å². The summed E-state index contributed by atoms with van der Waals surface area (Å²) < 4.78 is 1.13. The van der Waals surface area contributed by atoms with E-state index in [4.69, 9.17) is 23.2 Å². The Kier molecular flexibility index (Phi) is 3.62. The Hall–Kier alpha value is -0.0500. The second-order valence-corrected chi connectivity index (χ2v) is 6.69. The molecule has 1 aliphatic carbocycles. The summed E-state index contributed by atoms with van der Waals surface area (Å²) in [6.45, 7) is 2.09. The fourth-order valence-corrected chi connectivity index (χ4v) is 4.03. The van der Waals surface area contributed by atoms with E-state index in [1.165, 1.54) is 11.3 Å². The van der Waals surface area contributed by atoms with E-state index >= 15 is 0 Å². The Labute approximate surface area is 110 Å². The van der Waals surface area contributed by atoms with Crippen molar-refractivity contribution in [3.05, 3.63) is 20.3 Å². The van der Waals surface area contributed by atoms with E-state index in [0.29, 0.717) is 14.2 Å². The normalized spacial score (nSPS) is 18.9. The van der Waals surface area contributed by atoms with Gasteiger partial charge < -0.3 is 0 Å². The monoisotopic (exact) mass is 276 g/mol. The first-order chi connectivity index (χ1) is 7.59. The third-order valence-electron chi connectivity index (χ3n) is 3.62. The zero-order valence-corrected chi connectivity index (χ0v) is 11.5. The minimum Gasteiger partial charge on any atom is -0.293 e. The first-order valence-corrected chi connectivity index (χ1v) is 7.16. The average molecular weight is 277 g/mol. The molecular weight excluding hydrogens is 263 g/mol. The van der Waals surface area contributed by atoms with E-state index in [0.717, 1.165) is 32.1 Å². The van der Waals surface area contributed by atoms with E-state index in [-0.39, 0.29) is 11.2 Å². The van der Waals surface area contributed by atoms with E-state index in [2.05, 4.69) is 6.92 Å². The van der Waals surface area contributed by atoms with Crippen LogP contribution in [-0.2, 0) is 0 Å². The van der Waals surface area contributed by atoms with Gasteiger partial charge in [-0.1, -0.05) is 43.0 Å². The van der Waals surface area contributed by atoms with Crippen molar-refractivity contribution in [2.75, 3.05) is 0 Å². The molecule has 1 nitrogen and oxygen atoms in total. The molecule has 1 aromatic heterocycles. The van der Waals surface area contributed by atoms with Crippen LogP contribution in [0.5, 0.6) is 0 Å². The number of Topliss-reactive ketones (excluding diaryl/α,β-unsaturated/α-hetero) is 1. The van der Waals surface area contributed by atoms with Gasteiger partial charge in [0.1, 0.15) is 4.34 Å². The first-order valence-electron chi connectivity index (χ1n) is 5.59. The molecule has 4 heteroatoms. The molecule has 0 amide bonds. The number of ketones is 1. The van der Waals surface area contributed by atoms with Crippen molar-refractivity contribution in [3.8, 4) is 0 Å². The predicted octanol–water partition coefficient (Wildman–Crippen LogP) is 5.21. The van der Waals surface area contributed by atoms with Crippen molar-refractivity contribution in [2.45, 2.75) is 39.0 Å². The summed E-state index contributed by atoms with van der Waals surface area (Å²) in [4.78, 5) is 12.5. The zero-order valence-electron chi connectivity index (χ0n) is 9.19. The molecule has 1 fully saturated rings. The number of hydrogen-bond donors (Lipinski definition) is 0. The van der Waals surface area contributed by atoms with Gasteiger partial charge in [-0.05, 0) is 25.3 Å². The molecule has 0 N–H and O–H groups in total. The maximum Gasteiger partial charge on any atom is 0.171 e. The predicted molar refractivity (Wildman–Crippen MR) is 69.9 cm³/mol. The highest BCUT2D eigenvalue weighted by molar-refractivity contribution is 7.20. The molecular formula is C12H14Cl2OS. The number of thiophene rings is 1. The summed E-state index contributed by atoms with van der Waals surface area (Å²) in [5.41, 5.74) is 0.453. The fraction of sp³-hybridized carbons (Fsp3) is 0.583. The highest BCUT2D eigenvalue weighted by Crippen LogP contribution is 2.45. The highest BCUT2D eigenvalue weighted by Gasteiger charge is 2.40. The molecule has 1 aromatic rings. The third-order valence-corrected chi connectivity index (χ3v) is 5.11. The van der Waals surface area contributed by atoms with Crippen molar-refractivity contribution in [2.24, 2.45) is 5.41 Å². The highest BCUT2D eigenvalue weighted by atomic mass is 35.5. The second-order valence-electron chi connectivity index (χ2n) is 4.41. The number of carbonyl (C=O) groups excluding carboxylic acids is 1. The molecule has 0 spiro atoms. The summed E-state index contributed by atoms with van der Waals surface area (Å²) in [5.74, 6) is 0.195. The Bertz CT molecular complexity index is 405. The molecule has 2 rings (SSSR count). The number of hydrogen-bond acceptors (Lipinski definition) is 2. The quantitative estimate of drug-likeness (QED) is 0.693. The van der Waals surface area contributed by atoms with Crippen molar-refractivity contribution in [3.63, 3.8) is 0 Å². The lowest BCUT2D eigenvalue weighted by molar-refractivity contribution is 0.0792. The van der Waals surface area contributed by atoms with Gasteiger partial charge in [-0.15, -0.1) is 11.3 Å². The molecule has 1 saturated carbocycles. The summed E-state index contributed by atoms with van der Waals surface area (Å²) in [7, 11) is 0. The first kappa shape index (κ1) is 12.4. The minimum atomic E-state index is -0.173. The largest absolute Gasteiger partial charge is 0.293 e. The third kappa shape index (κ3) is 2.03. The van der Waals surface area contributed by atoms with Crippen LogP contribution in [-0.4, -0.2) is 5.78 Å². The lowest BCUT2D eigenvalue weighted by Gasteiger charge is -2.25. The van der Waals surface area contributed by atoms with Gasteiger partial charge in [0.15, 0.2) is 5.78 Å². The minimum absolute atomic E-state index is 0.173. The molecule has 88 valence electrons. The molecule has 16 heavy (non-hydrogen) atoms. The number of rotatable bonds is 3. The van der Waals surface area contributed by atoms with Gasteiger partial charge in [0.2, 0.25) is 0 Å². The van der Waals surface area contributed by atoms with Gasteiger partial charge in [-0.2, -0.15) is 0 Å². The molecule has 0 saturated heterocycles. The van der Waals surface area contributed by atoms with Crippen molar-refractivity contribution in [1.82, 2.24) is 0 Å². The molecule has 0 bridgehead atoms. The number of carbonyl (C=O) groups is 1. The van der Waals surface area contributed by atoms with Crippen LogP contribution in [0.4, 0.5) is 0 Å². The van der Waals surface area contributed by atoms with Crippen LogP contribution < -0.4 is 0 Å². The molecule has 0 radical (unpaired) electrons. The number of halogens is 2. The fourth-order valence-electron chi connectivity index (χ4n) is 2.57. The molecule has 0 aromatic carbocycles. The van der Waals surface area contributed by atoms with E-state index in [1.54, 1.807) is 6.07 Å². The molecule has 0 atom stereocenters. The van der Waals surface area contributed by atoms with Crippen LogP contribution >= 0.6 is 34.5 Å². The Morgan fingerprint density at radius 3 is 2.50 bits per heavy atom. The topological polar surface area (TPSA) is 17.1 Å². The molecule has 1 aliphatic rings. The van der Waals surface area contributed by atoms with Crippen LogP contribution in [0.2, 0.25) is 8.67 Å². The Balaban J connectivity index is 2.33. The van der Waals surface area contributed by atoms with Crippen LogP contribution in [0.15, 0.2) is 6.07 Å².